The predicted molar refractivity (Wildman–Crippen MR) is 106 cm³/mol. The van der Waals surface area contributed by atoms with Crippen LogP contribution in [0.15, 0.2) is 70.2 Å². The summed E-state index contributed by atoms with van der Waals surface area (Å²) in [5.41, 5.74) is 0.404. The van der Waals surface area contributed by atoms with Gasteiger partial charge in [-0.25, -0.2) is 13.2 Å². The number of rotatable bonds is 7. The first-order valence-electron chi connectivity index (χ1n) is 8.18. The molecule has 0 saturated carbocycles. The molecule has 7 nitrogen and oxygen atoms in total. The van der Waals surface area contributed by atoms with Crippen molar-refractivity contribution in [2.24, 2.45) is 0 Å². The summed E-state index contributed by atoms with van der Waals surface area (Å²) in [7, 11) is -2.68. The summed E-state index contributed by atoms with van der Waals surface area (Å²) >= 11 is 6.22. The van der Waals surface area contributed by atoms with Crippen molar-refractivity contribution in [3.05, 3.63) is 77.2 Å². The molecule has 0 spiro atoms. The molecule has 0 fully saturated rings. The molecule has 0 amide bonds. The Morgan fingerprint density at radius 2 is 1.89 bits per heavy atom. The third-order valence-electron chi connectivity index (χ3n) is 4.09. The molecule has 0 aliphatic heterocycles. The lowest BCUT2D eigenvalue weighted by atomic mass is 10.1. The van der Waals surface area contributed by atoms with Gasteiger partial charge in [-0.2, -0.15) is 0 Å². The van der Waals surface area contributed by atoms with E-state index >= 15 is 0 Å². The number of halogens is 1. The number of benzene rings is 2. The number of anilines is 2. The molecule has 0 atom stereocenters. The first-order valence-corrected chi connectivity index (χ1v) is 9.99. The smallest absolute Gasteiger partial charge is 0.337 e. The van der Waals surface area contributed by atoms with Crippen LogP contribution < -0.4 is 9.62 Å². The van der Waals surface area contributed by atoms with Crippen LogP contribution in [-0.4, -0.2) is 26.5 Å². The van der Waals surface area contributed by atoms with Crippen molar-refractivity contribution < 1.29 is 22.7 Å². The lowest BCUT2D eigenvalue weighted by molar-refractivity contribution is 0.0697. The number of carboxylic acids is 1. The highest BCUT2D eigenvalue weighted by Crippen LogP contribution is 2.32. The molecule has 0 radical (unpaired) electrons. The first-order chi connectivity index (χ1) is 13.3. The number of hydrogen-bond acceptors (Lipinski definition) is 5. The highest BCUT2D eigenvalue weighted by molar-refractivity contribution is 7.93. The molecule has 146 valence electrons. The van der Waals surface area contributed by atoms with Crippen molar-refractivity contribution in [1.29, 1.82) is 0 Å². The average Bonchev–Trinajstić information content (AvgIpc) is 3.19. The molecule has 0 aliphatic rings. The Kier molecular flexibility index (Phi) is 5.62. The van der Waals surface area contributed by atoms with Crippen molar-refractivity contribution in [2.45, 2.75) is 11.4 Å². The fraction of sp³-hybridized carbons (Fsp3) is 0.105. The Morgan fingerprint density at radius 3 is 2.50 bits per heavy atom. The van der Waals surface area contributed by atoms with E-state index in [4.69, 9.17) is 16.0 Å². The Labute approximate surface area is 167 Å². The van der Waals surface area contributed by atoms with E-state index < -0.39 is 16.0 Å². The highest BCUT2D eigenvalue weighted by Gasteiger charge is 2.27. The maximum absolute atomic E-state index is 13.0. The van der Waals surface area contributed by atoms with E-state index in [1.165, 1.54) is 19.4 Å². The molecule has 28 heavy (non-hydrogen) atoms. The Morgan fingerprint density at radius 1 is 1.18 bits per heavy atom. The minimum absolute atomic E-state index is 0.0882. The van der Waals surface area contributed by atoms with Crippen LogP contribution in [0, 0.1) is 0 Å². The number of nitrogens with one attached hydrogen (secondary N) is 1. The number of furan rings is 1. The number of nitrogens with zero attached hydrogens (tertiary/aromatic N) is 1. The van der Waals surface area contributed by atoms with Crippen LogP contribution in [0.5, 0.6) is 0 Å². The van der Waals surface area contributed by atoms with Crippen molar-refractivity contribution >= 4 is 39.0 Å². The van der Waals surface area contributed by atoms with E-state index in [0.29, 0.717) is 11.4 Å². The molecule has 0 unspecified atom stereocenters. The van der Waals surface area contributed by atoms with Crippen molar-refractivity contribution in [3.8, 4) is 0 Å². The number of carboxylic acid groups (broad SMARTS) is 1. The van der Waals surface area contributed by atoms with Crippen LogP contribution in [0.3, 0.4) is 0 Å². The van der Waals surface area contributed by atoms with Gasteiger partial charge >= 0.3 is 5.97 Å². The molecule has 2 aromatic carbocycles. The summed E-state index contributed by atoms with van der Waals surface area (Å²) in [6.45, 7) is 0.222. The molecule has 1 heterocycles. The fourth-order valence-electron chi connectivity index (χ4n) is 2.59. The fourth-order valence-corrected chi connectivity index (χ4v) is 4.32. The molecule has 0 aliphatic carbocycles. The van der Waals surface area contributed by atoms with E-state index in [-0.39, 0.29) is 27.7 Å². The molecule has 3 aromatic rings. The van der Waals surface area contributed by atoms with Crippen LogP contribution >= 0.6 is 11.6 Å². The highest BCUT2D eigenvalue weighted by atomic mass is 35.5. The molecule has 0 saturated heterocycles. The van der Waals surface area contributed by atoms with Gasteiger partial charge < -0.3 is 14.8 Å². The largest absolute Gasteiger partial charge is 0.478 e. The Bertz CT molecular complexity index is 1080. The normalized spacial score (nSPS) is 11.2. The molecule has 1 aromatic heterocycles. The Hall–Kier alpha value is -2.97. The maximum atomic E-state index is 13.0. The predicted octanol–water partition coefficient (Wildman–Crippen LogP) is 4.07. The molecule has 9 heteroatoms. The van der Waals surface area contributed by atoms with Gasteiger partial charge in [-0.05, 0) is 36.4 Å². The number of para-hydroxylation sites is 1. The summed E-state index contributed by atoms with van der Waals surface area (Å²) in [5, 5.41) is 12.4. The monoisotopic (exact) mass is 420 g/mol. The summed E-state index contributed by atoms with van der Waals surface area (Å²) in [6.07, 6.45) is 1.50. The maximum Gasteiger partial charge on any atom is 0.337 e. The Balaban J connectivity index is 1.99. The zero-order valence-corrected chi connectivity index (χ0v) is 16.4. The van der Waals surface area contributed by atoms with Crippen LogP contribution in [0.4, 0.5) is 11.4 Å². The lowest BCUT2D eigenvalue weighted by Crippen LogP contribution is -2.27. The topological polar surface area (TPSA) is 99.9 Å². The van der Waals surface area contributed by atoms with Crippen molar-refractivity contribution in [3.63, 3.8) is 0 Å². The van der Waals surface area contributed by atoms with Crippen LogP contribution in [-0.2, 0) is 16.6 Å². The lowest BCUT2D eigenvalue weighted by Gasteiger charge is -2.21. The van der Waals surface area contributed by atoms with Gasteiger partial charge in [-0.3, -0.25) is 4.31 Å². The summed E-state index contributed by atoms with van der Waals surface area (Å²) in [6, 6.07) is 14.2. The molecule has 0 bridgehead atoms. The summed E-state index contributed by atoms with van der Waals surface area (Å²) in [4.78, 5) is 11.4. The first kappa shape index (κ1) is 19.8. The van der Waals surface area contributed by atoms with Crippen LogP contribution in [0.2, 0.25) is 5.02 Å². The van der Waals surface area contributed by atoms with E-state index in [9.17, 15) is 18.3 Å². The van der Waals surface area contributed by atoms with E-state index in [0.717, 1.165) is 10.4 Å². The molecular formula is C19H17ClN2O5S. The van der Waals surface area contributed by atoms with Gasteiger partial charge in [0.25, 0.3) is 10.0 Å². The summed E-state index contributed by atoms with van der Waals surface area (Å²) in [5.74, 6) is -0.689. The van der Waals surface area contributed by atoms with Gasteiger partial charge in [0, 0.05) is 7.05 Å². The van der Waals surface area contributed by atoms with E-state index in [1.807, 2.05) is 0 Å². The molecular weight excluding hydrogens is 404 g/mol. The zero-order valence-electron chi connectivity index (χ0n) is 14.8. The zero-order chi connectivity index (χ0) is 20.3. The van der Waals surface area contributed by atoms with Crippen molar-refractivity contribution in [2.75, 3.05) is 16.7 Å². The molecule has 2 N–H and O–H groups in total. The number of carbonyl (C=O) groups is 1. The molecule has 3 rings (SSSR count). The van der Waals surface area contributed by atoms with E-state index in [2.05, 4.69) is 5.32 Å². The van der Waals surface area contributed by atoms with Gasteiger partial charge in [0.05, 0.1) is 34.8 Å². The SMILES string of the molecule is CN(c1ccccc1)S(=O)(=O)c1cc(C(=O)O)c(NCc2ccco2)cc1Cl. The quantitative estimate of drug-likeness (QED) is 0.597. The van der Waals surface area contributed by atoms with Crippen LogP contribution in [0.25, 0.3) is 0 Å². The summed E-state index contributed by atoms with van der Waals surface area (Å²) < 4.78 is 32.2. The third kappa shape index (κ3) is 3.97. The number of hydrogen-bond donors (Lipinski definition) is 2. The standard InChI is InChI=1S/C19H17ClN2O5S/c1-22(13-6-3-2-4-7-13)28(25,26)18-10-15(19(23)24)17(11-16(18)20)21-12-14-8-5-9-27-14/h2-11,21H,12H2,1H3,(H,23,24). The van der Waals surface area contributed by atoms with Gasteiger partial charge in [0.1, 0.15) is 10.7 Å². The van der Waals surface area contributed by atoms with Gasteiger partial charge in [-0.1, -0.05) is 29.8 Å². The average molecular weight is 421 g/mol. The number of sulfonamides is 1. The second-order valence-corrected chi connectivity index (χ2v) is 8.22. The minimum atomic E-state index is -4.06. The second kappa shape index (κ2) is 7.95. The van der Waals surface area contributed by atoms with Gasteiger partial charge in [0.2, 0.25) is 0 Å². The van der Waals surface area contributed by atoms with E-state index in [1.54, 1.807) is 42.5 Å². The van der Waals surface area contributed by atoms with Crippen molar-refractivity contribution in [1.82, 2.24) is 0 Å². The second-order valence-electron chi connectivity index (χ2n) is 5.87. The third-order valence-corrected chi connectivity index (χ3v) is 6.34. The number of aromatic carboxylic acids is 1. The van der Waals surface area contributed by atoms with Crippen LogP contribution in [0.1, 0.15) is 16.1 Å². The van der Waals surface area contributed by atoms with Gasteiger partial charge in [0.15, 0.2) is 0 Å². The van der Waals surface area contributed by atoms with Gasteiger partial charge in [-0.15, -0.1) is 0 Å². The minimum Gasteiger partial charge on any atom is -0.478 e.